The number of aromatic nitrogens is 2. The van der Waals surface area contributed by atoms with Crippen molar-refractivity contribution >= 4 is 0 Å². The molecule has 0 bridgehead atoms. The summed E-state index contributed by atoms with van der Waals surface area (Å²) in [6.07, 6.45) is 3.68. The number of aliphatic hydroxyl groups excluding tert-OH is 2. The Kier molecular flexibility index (Phi) is 6.82. The van der Waals surface area contributed by atoms with Gasteiger partial charge >= 0.3 is 0 Å². The molecule has 1 aromatic rings. The number of nitrogens with zero attached hydrogens (tertiary/aromatic N) is 3. The zero-order valence-corrected chi connectivity index (χ0v) is 13.7. The summed E-state index contributed by atoms with van der Waals surface area (Å²) in [5.41, 5.74) is 1.22. The molecular weight excluding hydrogens is 282 g/mol. The lowest BCUT2D eigenvalue weighted by Crippen LogP contribution is -2.40. The fourth-order valence-electron chi connectivity index (χ4n) is 3.04. The fourth-order valence-corrected chi connectivity index (χ4v) is 3.04. The van der Waals surface area contributed by atoms with E-state index in [1.54, 1.807) is 0 Å². The smallest absolute Gasteiger partial charge is 0.0900 e. The number of likely N-dealkylation sites (tertiary alicyclic amines) is 1. The van der Waals surface area contributed by atoms with E-state index < -0.39 is 6.10 Å². The van der Waals surface area contributed by atoms with Crippen molar-refractivity contribution in [3.05, 3.63) is 18.0 Å². The first-order valence-corrected chi connectivity index (χ1v) is 8.24. The van der Waals surface area contributed by atoms with E-state index in [1.165, 1.54) is 5.69 Å². The van der Waals surface area contributed by atoms with Crippen LogP contribution in [0.4, 0.5) is 0 Å². The van der Waals surface area contributed by atoms with Crippen molar-refractivity contribution in [3.8, 4) is 0 Å². The van der Waals surface area contributed by atoms with Gasteiger partial charge in [-0.1, -0.05) is 0 Å². The van der Waals surface area contributed by atoms with Crippen LogP contribution < -0.4 is 0 Å². The third-order valence-electron chi connectivity index (χ3n) is 4.16. The molecule has 0 aliphatic carbocycles. The quantitative estimate of drug-likeness (QED) is 0.744. The molecule has 0 saturated carbocycles. The highest BCUT2D eigenvalue weighted by Crippen LogP contribution is 2.27. The molecular formula is C16H29N3O3. The predicted molar refractivity (Wildman–Crippen MR) is 84.8 cm³/mol. The topological polar surface area (TPSA) is 70.8 Å². The van der Waals surface area contributed by atoms with E-state index >= 15 is 0 Å². The van der Waals surface area contributed by atoms with Crippen molar-refractivity contribution in [1.29, 1.82) is 0 Å². The molecule has 1 atom stereocenters. The van der Waals surface area contributed by atoms with Crippen LogP contribution in [0.3, 0.4) is 0 Å². The first kappa shape index (κ1) is 17.4. The fraction of sp³-hybridized carbons (Fsp3) is 0.812. The molecule has 0 radical (unpaired) electrons. The minimum Gasteiger partial charge on any atom is -0.394 e. The van der Waals surface area contributed by atoms with Crippen molar-refractivity contribution in [3.63, 3.8) is 0 Å². The summed E-state index contributed by atoms with van der Waals surface area (Å²) in [4.78, 5) is 2.30. The highest BCUT2D eigenvalue weighted by molar-refractivity contribution is 5.09. The van der Waals surface area contributed by atoms with Gasteiger partial charge in [0.05, 0.1) is 32.0 Å². The summed E-state index contributed by atoms with van der Waals surface area (Å²) < 4.78 is 7.36. The van der Waals surface area contributed by atoms with Gasteiger partial charge in [0, 0.05) is 24.4 Å². The molecule has 1 fully saturated rings. The third kappa shape index (κ3) is 5.05. The monoisotopic (exact) mass is 311 g/mol. The van der Waals surface area contributed by atoms with Gasteiger partial charge in [-0.15, -0.1) is 0 Å². The second-order valence-electron chi connectivity index (χ2n) is 6.31. The molecule has 0 unspecified atom stereocenters. The zero-order valence-electron chi connectivity index (χ0n) is 13.7. The summed E-state index contributed by atoms with van der Waals surface area (Å²) in [7, 11) is 0. The van der Waals surface area contributed by atoms with E-state index in [-0.39, 0.29) is 12.7 Å². The Labute approximate surface area is 132 Å². The SMILES string of the molecule is CC(C)OC[C@@H](O)CN1CCC(c2ccnn2CCO)CC1. The van der Waals surface area contributed by atoms with Crippen LogP contribution in [-0.2, 0) is 11.3 Å². The Morgan fingerprint density at radius 3 is 2.73 bits per heavy atom. The van der Waals surface area contributed by atoms with Gasteiger partial charge in [0.25, 0.3) is 0 Å². The van der Waals surface area contributed by atoms with Gasteiger partial charge in [0.1, 0.15) is 0 Å². The maximum atomic E-state index is 10.0. The molecule has 6 heteroatoms. The van der Waals surface area contributed by atoms with Crippen molar-refractivity contribution in [2.45, 2.75) is 51.4 Å². The van der Waals surface area contributed by atoms with E-state index in [0.717, 1.165) is 25.9 Å². The molecule has 1 saturated heterocycles. The molecule has 22 heavy (non-hydrogen) atoms. The summed E-state index contributed by atoms with van der Waals surface area (Å²) in [6.45, 7) is 7.68. The van der Waals surface area contributed by atoms with Crippen molar-refractivity contribution in [1.82, 2.24) is 14.7 Å². The first-order chi connectivity index (χ1) is 10.6. The van der Waals surface area contributed by atoms with Crippen LogP contribution >= 0.6 is 0 Å². The number of rotatable bonds is 8. The normalized spacial score (nSPS) is 19.0. The summed E-state index contributed by atoms with van der Waals surface area (Å²) in [5.74, 6) is 0.495. The Balaban J connectivity index is 1.76. The summed E-state index contributed by atoms with van der Waals surface area (Å²) in [6, 6.07) is 2.06. The van der Waals surface area contributed by atoms with E-state index in [4.69, 9.17) is 9.84 Å². The van der Waals surface area contributed by atoms with E-state index in [9.17, 15) is 5.11 Å². The number of ether oxygens (including phenoxy) is 1. The second kappa shape index (κ2) is 8.62. The van der Waals surface area contributed by atoms with Crippen LogP contribution in [0.2, 0.25) is 0 Å². The number of aliphatic hydroxyl groups is 2. The molecule has 126 valence electrons. The van der Waals surface area contributed by atoms with Crippen LogP contribution in [0.25, 0.3) is 0 Å². The Morgan fingerprint density at radius 1 is 1.36 bits per heavy atom. The molecule has 1 aliphatic heterocycles. The Bertz CT molecular complexity index is 428. The third-order valence-corrected chi connectivity index (χ3v) is 4.16. The van der Waals surface area contributed by atoms with Crippen molar-refractivity contribution in [2.75, 3.05) is 32.8 Å². The number of hydrogen-bond donors (Lipinski definition) is 2. The maximum Gasteiger partial charge on any atom is 0.0900 e. The summed E-state index contributed by atoms with van der Waals surface area (Å²) in [5, 5.41) is 23.4. The molecule has 6 nitrogen and oxygen atoms in total. The molecule has 0 aromatic carbocycles. The molecule has 0 amide bonds. The lowest BCUT2D eigenvalue weighted by Gasteiger charge is -2.33. The van der Waals surface area contributed by atoms with Gasteiger partial charge in [-0.25, -0.2) is 0 Å². The lowest BCUT2D eigenvalue weighted by molar-refractivity contribution is -0.0112. The Hall–Kier alpha value is -0.950. The summed E-state index contributed by atoms with van der Waals surface area (Å²) >= 11 is 0. The van der Waals surface area contributed by atoms with Crippen molar-refractivity contribution in [2.24, 2.45) is 0 Å². The van der Waals surface area contributed by atoms with Crippen LogP contribution in [0.15, 0.2) is 12.3 Å². The van der Waals surface area contributed by atoms with Gasteiger partial charge in [0.15, 0.2) is 0 Å². The minimum absolute atomic E-state index is 0.121. The molecule has 1 aliphatic rings. The number of β-amino-alcohol motifs (C(OH)–C–C–N with tert-alkyl or cyclic N) is 1. The second-order valence-corrected chi connectivity index (χ2v) is 6.31. The maximum absolute atomic E-state index is 10.0. The highest BCUT2D eigenvalue weighted by atomic mass is 16.5. The van der Waals surface area contributed by atoms with Crippen LogP contribution in [-0.4, -0.2) is 69.9 Å². The largest absolute Gasteiger partial charge is 0.394 e. The Morgan fingerprint density at radius 2 is 2.09 bits per heavy atom. The van der Waals surface area contributed by atoms with Gasteiger partial charge in [-0.2, -0.15) is 5.10 Å². The predicted octanol–water partition coefficient (Wildman–Crippen LogP) is 0.841. The standard InChI is InChI=1S/C16H29N3O3/c1-13(2)22-12-15(21)11-18-7-4-14(5-8-18)16-3-6-17-19(16)9-10-20/h3,6,13-15,20-21H,4-5,7-12H2,1-2H3/t15-/m0/s1. The molecule has 2 heterocycles. The van der Waals surface area contributed by atoms with Gasteiger partial charge in [-0.05, 0) is 45.8 Å². The highest BCUT2D eigenvalue weighted by Gasteiger charge is 2.24. The molecule has 0 spiro atoms. The van der Waals surface area contributed by atoms with E-state index in [1.807, 2.05) is 24.7 Å². The van der Waals surface area contributed by atoms with Crippen LogP contribution in [0.1, 0.15) is 38.3 Å². The van der Waals surface area contributed by atoms with Gasteiger partial charge < -0.3 is 19.8 Å². The van der Waals surface area contributed by atoms with E-state index in [2.05, 4.69) is 16.1 Å². The van der Waals surface area contributed by atoms with Gasteiger partial charge in [0.2, 0.25) is 0 Å². The number of hydrogen-bond acceptors (Lipinski definition) is 5. The zero-order chi connectivity index (χ0) is 15.9. The lowest BCUT2D eigenvalue weighted by atomic mass is 9.93. The van der Waals surface area contributed by atoms with Crippen molar-refractivity contribution < 1.29 is 14.9 Å². The first-order valence-electron chi connectivity index (χ1n) is 8.24. The average Bonchev–Trinajstić information content (AvgIpc) is 2.95. The molecule has 2 rings (SSSR count). The molecule has 2 N–H and O–H groups in total. The van der Waals surface area contributed by atoms with E-state index in [0.29, 0.717) is 25.6 Å². The number of piperidine rings is 1. The molecule has 1 aromatic heterocycles. The van der Waals surface area contributed by atoms with Gasteiger partial charge in [-0.3, -0.25) is 4.68 Å². The minimum atomic E-state index is -0.418. The van der Waals surface area contributed by atoms with Crippen LogP contribution in [0, 0.1) is 0 Å². The average molecular weight is 311 g/mol. The van der Waals surface area contributed by atoms with Crippen LogP contribution in [0.5, 0.6) is 0 Å².